The Labute approximate surface area is 175 Å². The van der Waals surface area contributed by atoms with E-state index in [1.165, 1.54) is 4.31 Å². The minimum atomic E-state index is -3.49. The summed E-state index contributed by atoms with van der Waals surface area (Å²) in [6.07, 6.45) is 3.31. The van der Waals surface area contributed by atoms with Crippen molar-refractivity contribution in [2.45, 2.75) is 50.5 Å². The van der Waals surface area contributed by atoms with Gasteiger partial charge in [-0.05, 0) is 69.8 Å². The van der Waals surface area contributed by atoms with Crippen molar-refractivity contribution in [3.8, 4) is 0 Å². The highest BCUT2D eigenvalue weighted by Gasteiger charge is 2.37. The van der Waals surface area contributed by atoms with Gasteiger partial charge in [-0.3, -0.25) is 4.79 Å². The number of carbonyl (C=O) groups is 1. The third kappa shape index (κ3) is 4.70. The lowest BCUT2D eigenvalue weighted by Gasteiger charge is -2.34. The molecule has 1 N–H and O–H groups in total. The Kier molecular flexibility index (Phi) is 7.90. The van der Waals surface area contributed by atoms with Crippen molar-refractivity contribution >= 4 is 28.3 Å². The van der Waals surface area contributed by atoms with E-state index in [4.69, 9.17) is 0 Å². The van der Waals surface area contributed by atoms with Crippen LogP contribution in [0.1, 0.15) is 36.8 Å². The number of likely N-dealkylation sites (N-methyl/N-ethyl adjacent to an activating group) is 1. The molecule has 0 spiro atoms. The third-order valence-electron chi connectivity index (χ3n) is 6.02. The number of aryl methyl sites for hydroxylation is 2. The molecule has 3 rings (SSSR count). The summed E-state index contributed by atoms with van der Waals surface area (Å²) >= 11 is 0. The molecule has 2 aliphatic rings. The van der Waals surface area contributed by atoms with Crippen LogP contribution in [0.25, 0.3) is 0 Å². The highest BCUT2D eigenvalue weighted by Crippen LogP contribution is 2.28. The summed E-state index contributed by atoms with van der Waals surface area (Å²) in [5.74, 6) is 0.143. The van der Waals surface area contributed by atoms with E-state index in [-0.39, 0.29) is 30.3 Å². The first-order chi connectivity index (χ1) is 12.8. The number of nitrogens with zero attached hydrogens (tertiary/aromatic N) is 2. The highest BCUT2D eigenvalue weighted by atomic mass is 35.5. The Morgan fingerprint density at radius 1 is 1.11 bits per heavy atom. The van der Waals surface area contributed by atoms with Gasteiger partial charge in [0.15, 0.2) is 0 Å². The number of halogens is 1. The first-order valence-electron chi connectivity index (χ1n) is 9.87. The minimum absolute atomic E-state index is 0. The molecule has 2 fully saturated rings. The van der Waals surface area contributed by atoms with Crippen LogP contribution >= 0.6 is 12.4 Å². The van der Waals surface area contributed by atoms with Crippen LogP contribution in [-0.2, 0) is 14.8 Å². The molecule has 0 bridgehead atoms. The predicted molar refractivity (Wildman–Crippen MR) is 113 cm³/mol. The van der Waals surface area contributed by atoms with E-state index < -0.39 is 10.0 Å². The molecule has 158 valence electrons. The van der Waals surface area contributed by atoms with Crippen molar-refractivity contribution in [1.29, 1.82) is 0 Å². The van der Waals surface area contributed by atoms with Crippen molar-refractivity contribution in [2.24, 2.45) is 5.92 Å². The zero-order valence-corrected chi connectivity index (χ0v) is 18.6. The van der Waals surface area contributed by atoms with Crippen molar-refractivity contribution < 1.29 is 13.2 Å². The SMILES string of the molecule is CNCC1CCCN1C(=O)C1CCN(S(=O)(=O)c2ccc(C)c(C)c2)CC1.Cl. The first-order valence-corrected chi connectivity index (χ1v) is 11.3. The third-order valence-corrected chi connectivity index (χ3v) is 7.91. The van der Waals surface area contributed by atoms with E-state index in [2.05, 4.69) is 5.32 Å². The summed E-state index contributed by atoms with van der Waals surface area (Å²) < 4.78 is 27.4. The number of sulfonamides is 1. The quantitative estimate of drug-likeness (QED) is 0.779. The monoisotopic (exact) mass is 429 g/mol. The molecule has 1 atom stereocenters. The van der Waals surface area contributed by atoms with Gasteiger partial charge in [0.2, 0.25) is 15.9 Å². The van der Waals surface area contributed by atoms with Crippen LogP contribution in [0.3, 0.4) is 0 Å². The molecular weight excluding hydrogens is 398 g/mol. The summed E-state index contributed by atoms with van der Waals surface area (Å²) in [6.45, 7) is 6.38. The fourth-order valence-corrected chi connectivity index (χ4v) is 5.73. The lowest BCUT2D eigenvalue weighted by Crippen LogP contribution is -2.47. The van der Waals surface area contributed by atoms with E-state index in [0.29, 0.717) is 30.8 Å². The summed E-state index contributed by atoms with van der Waals surface area (Å²) in [5.41, 5.74) is 2.06. The second-order valence-corrected chi connectivity index (χ2v) is 9.75. The molecule has 0 aliphatic carbocycles. The van der Waals surface area contributed by atoms with Crippen LogP contribution in [0, 0.1) is 19.8 Å². The number of benzene rings is 1. The van der Waals surface area contributed by atoms with Gasteiger partial charge in [-0.1, -0.05) is 6.07 Å². The van der Waals surface area contributed by atoms with E-state index in [1.54, 1.807) is 12.1 Å². The van der Waals surface area contributed by atoms with Crippen molar-refractivity contribution in [1.82, 2.24) is 14.5 Å². The number of likely N-dealkylation sites (tertiary alicyclic amines) is 1. The van der Waals surface area contributed by atoms with Gasteiger partial charge in [0.25, 0.3) is 0 Å². The molecule has 1 aromatic carbocycles. The second kappa shape index (κ2) is 9.57. The van der Waals surface area contributed by atoms with Crippen molar-refractivity contribution in [2.75, 3.05) is 33.2 Å². The van der Waals surface area contributed by atoms with E-state index in [0.717, 1.165) is 37.1 Å². The minimum Gasteiger partial charge on any atom is -0.338 e. The van der Waals surface area contributed by atoms with Crippen molar-refractivity contribution in [3.05, 3.63) is 29.3 Å². The average molecular weight is 430 g/mol. The van der Waals surface area contributed by atoms with Gasteiger partial charge >= 0.3 is 0 Å². The summed E-state index contributed by atoms with van der Waals surface area (Å²) in [7, 11) is -1.58. The Bertz CT molecular complexity index is 792. The first kappa shape index (κ1) is 23.1. The lowest BCUT2D eigenvalue weighted by molar-refractivity contribution is -0.137. The molecule has 2 aliphatic heterocycles. The average Bonchev–Trinajstić information content (AvgIpc) is 3.12. The molecule has 2 saturated heterocycles. The van der Waals surface area contributed by atoms with Gasteiger partial charge in [-0.15, -0.1) is 12.4 Å². The fourth-order valence-electron chi connectivity index (χ4n) is 4.17. The zero-order chi connectivity index (χ0) is 19.6. The van der Waals surface area contributed by atoms with Gasteiger partial charge in [0.05, 0.1) is 4.90 Å². The molecule has 1 amide bonds. The Hall–Kier alpha value is -1.15. The number of hydrogen-bond acceptors (Lipinski definition) is 4. The summed E-state index contributed by atoms with van der Waals surface area (Å²) in [5, 5.41) is 3.17. The van der Waals surface area contributed by atoms with Crippen LogP contribution < -0.4 is 5.32 Å². The molecule has 1 unspecified atom stereocenters. The van der Waals surface area contributed by atoms with Gasteiger partial charge in [0.1, 0.15) is 0 Å². The molecular formula is C20H32ClN3O3S. The molecule has 0 radical (unpaired) electrons. The van der Waals surface area contributed by atoms with Gasteiger partial charge in [-0.2, -0.15) is 4.31 Å². The summed E-state index contributed by atoms with van der Waals surface area (Å²) in [4.78, 5) is 15.3. The number of carbonyl (C=O) groups excluding carboxylic acids is 1. The van der Waals surface area contributed by atoms with Gasteiger partial charge < -0.3 is 10.2 Å². The Morgan fingerprint density at radius 3 is 2.39 bits per heavy atom. The standard InChI is InChI=1S/C20H31N3O3S.ClH/c1-15-6-7-19(13-16(15)2)27(25,26)22-11-8-17(9-12-22)20(24)23-10-4-5-18(23)14-21-3;/h6-7,13,17-18,21H,4-5,8-12,14H2,1-3H3;1H. The maximum atomic E-state index is 12.9. The molecule has 28 heavy (non-hydrogen) atoms. The van der Waals surface area contributed by atoms with Crippen LogP contribution in [-0.4, -0.2) is 62.8 Å². The largest absolute Gasteiger partial charge is 0.338 e. The van der Waals surface area contributed by atoms with Crippen LogP contribution in [0.15, 0.2) is 23.1 Å². The van der Waals surface area contributed by atoms with E-state index in [9.17, 15) is 13.2 Å². The maximum Gasteiger partial charge on any atom is 0.243 e. The van der Waals surface area contributed by atoms with E-state index >= 15 is 0 Å². The molecule has 6 nitrogen and oxygen atoms in total. The Morgan fingerprint density at radius 2 is 1.79 bits per heavy atom. The normalized spacial score (nSPS) is 21.5. The maximum absolute atomic E-state index is 12.9. The number of amides is 1. The lowest BCUT2D eigenvalue weighted by atomic mass is 9.96. The Balaban J connectivity index is 0.00000280. The fraction of sp³-hybridized carbons (Fsp3) is 0.650. The smallest absolute Gasteiger partial charge is 0.243 e. The van der Waals surface area contributed by atoms with Crippen LogP contribution in [0.5, 0.6) is 0 Å². The van der Waals surface area contributed by atoms with Crippen molar-refractivity contribution in [3.63, 3.8) is 0 Å². The molecule has 2 heterocycles. The number of rotatable bonds is 5. The van der Waals surface area contributed by atoms with E-state index in [1.807, 2.05) is 31.9 Å². The predicted octanol–water partition coefficient (Wildman–Crippen LogP) is 2.34. The molecule has 1 aromatic rings. The van der Waals surface area contributed by atoms with Crippen LogP contribution in [0.2, 0.25) is 0 Å². The zero-order valence-electron chi connectivity index (χ0n) is 17.0. The number of piperidine rings is 1. The summed E-state index contributed by atoms with van der Waals surface area (Å²) in [6, 6.07) is 5.56. The number of hydrogen-bond donors (Lipinski definition) is 1. The molecule has 0 saturated carbocycles. The molecule has 8 heteroatoms. The van der Waals surface area contributed by atoms with Gasteiger partial charge in [0, 0.05) is 38.1 Å². The highest BCUT2D eigenvalue weighted by molar-refractivity contribution is 7.89. The van der Waals surface area contributed by atoms with Crippen LogP contribution in [0.4, 0.5) is 0 Å². The molecule has 0 aromatic heterocycles. The topological polar surface area (TPSA) is 69.7 Å². The van der Waals surface area contributed by atoms with Gasteiger partial charge in [-0.25, -0.2) is 8.42 Å². The second-order valence-electron chi connectivity index (χ2n) is 7.81. The number of nitrogens with one attached hydrogen (secondary N) is 1.